The third kappa shape index (κ3) is 2.29. The molecule has 2 rings (SSSR count). The third-order valence-corrected chi connectivity index (χ3v) is 3.65. The predicted molar refractivity (Wildman–Crippen MR) is 71.4 cm³/mol. The highest BCUT2D eigenvalue weighted by atomic mass is 35.5. The minimum Gasteiger partial charge on any atom is -0.309 e. The molecular weight excluding hydrogens is 238 g/mol. The Hall–Kier alpha value is -0.830. The largest absolute Gasteiger partial charge is 0.309 e. The van der Waals surface area contributed by atoms with Crippen LogP contribution in [0.1, 0.15) is 22.7 Å². The van der Waals surface area contributed by atoms with E-state index in [1.807, 2.05) is 19.2 Å². The van der Waals surface area contributed by atoms with E-state index in [2.05, 4.69) is 35.1 Å². The van der Waals surface area contributed by atoms with Gasteiger partial charge in [0.1, 0.15) is 0 Å². The molecule has 3 heteroatoms. The number of benzene rings is 1. The summed E-state index contributed by atoms with van der Waals surface area (Å²) in [5.74, 6) is 0. The molecule has 1 atom stereocenters. The molecule has 2 aromatic rings. The number of thiophene rings is 1. The van der Waals surface area contributed by atoms with Gasteiger partial charge in [0.2, 0.25) is 0 Å². The lowest BCUT2D eigenvalue weighted by Gasteiger charge is -2.18. The molecule has 0 saturated heterocycles. The molecule has 0 aliphatic rings. The van der Waals surface area contributed by atoms with Gasteiger partial charge in [0.25, 0.3) is 0 Å². The number of halogens is 1. The van der Waals surface area contributed by atoms with Crippen LogP contribution in [0.4, 0.5) is 0 Å². The Morgan fingerprint density at radius 3 is 2.75 bits per heavy atom. The maximum absolute atomic E-state index is 6.05. The van der Waals surface area contributed by atoms with E-state index in [4.69, 9.17) is 11.6 Å². The zero-order chi connectivity index (χ0) is 11.5. The first-order valence-corrected chi connectivity index (χ1v) is 6.50. The van der Waals surface area contributed by atoms with Crippen molar-refractivity contribution >= 4 is 22.9 Å². The fourth-order valence-corrected chi connectivity index (χ4v) is 2.73. The first kappa shape index (κ1) is 11.6. The lowest BCUT2D eigenvalue weighted by molar-refractivity contribution is 0.690. The SMILES string of the molecule is CNC(c1ccsc1)c1cc(Cl)ccc1C. The smallest absolute Gasteiger partial charge is 0.0585 e. The van der Waals surface area contributed by atoms with Crippen LogP contribution < -0.4 is 5.32 Å². The summed E-state index contributed by atoms with van der Waals surface area (Å²) in [4.78, 5) is 0. The summed E-state index contributed by atoms with van der Waals surface area (Å²) in [5.41, 5.74) is 3.79. The Labute approximate surface area is 105 Å². The van der Waals surface area contributed by atoms with Crippen LogP contribution in [0, 0.1) is 6.92 Å². The molecule has 0 bridgehead atoms. The Kier molecular flexibility index (Phi) is 3.64. The van der Waals surface area contributed by atoms with E-state index in [-0.39, 0.29) is 6.04 Å². The summed E-state index contributed by atoms with van der Waals surface area (Å²) >= 11 is 7.77. The Morgan fingerprint density at radius 2 is 2.12 bits per heavy atom. The molecule has 84 valence electrons. The van der Waals surface area contributed by atoms with Crippen LogP contribution in [-0.2, 0) is 0 Å². The Balaban J connectivity index is 2.44. The van der Waals surface area contributed by atoms with Gasteiger partial charge in [-0.25, -0.2) is 0 Å². The van der Waals surface area contributed by atoms with E-state index in [0.29, 0.717) is 0 Å². The number of hydrogen-bond acceptors (Lipinski definition) is 2. The maximum Gasteiger partial charge on any atom is 0.0585 e. The van der Waals surface area contributed by atoms with Crippen molar-refractivity contribution in [1.29, 1.82) is 0 Å². The van der Waals surface area contributed by atoms with Gasteiger partial charge in [-0.2, -0.15) is 11.3 Å². The highest BCUT2D eigenvalue weighted by molar-refractivity contribution is 7.08. The van der Waals surface area contributed by atoms with Crippen molar-refractivity contribution in [3.63, 3.8) is 0 Å². The highest BCUT2D eigenvalue weighted by Crippen LogP contribution is 2.28. The first-order chi connectivity index (χ1) is 7.72. The zero-order valence-electron chi connectivity index (χ0n) is 9.33. The minimum absolute atomic E-state index is 0.227. The summed E-state index contributed by atoms with van der Waals surface area (Å²) in [5, 5.41) is 8.39. The van der Waals surface area contributed by atoms with Crippen molar-refractivity contribution < 1.29 is 0 Å². The van der Waals surface area contributed by atoms with E-state index in [1.165, 1.54) is 16.7 Å². The normalized spacial score (nSPS) is 12.7. The van der Waals surface area contributed by atoms with Gasteiger partial charge in [-0.05, 0) is 59.6 Å². The maximum atomic E-state index is 6.05. The van der Waals surface area contributed by atoms with Gasteiger partial charge >= 0.3 is 0 Å². The van der Waals surface area contributed by atoms with Crippen molar-refractivity contribution in [1.82, 2.24) is 5.32 Å². The van der Waals surface area contributed by atoms with Crippen molar-refractivity contribution in [3.05, 3.63) is 56.7 Å². The van der Waals surface area contributed by atoms with Crippen LogP contribution in [0.2, 0.25) is 5.02 Å². The average Bonchev–Trinajstić information content (AvgIpc) is 2.78. The molecule has 1 unspecified atom stereocenters. The number of nitrogens with one attached hydrogen (secondary N) is 1. The van der Waals surface area contributed by atoms with Crippen LogP contribution in [0.25, 0.3) is 0 Å². The van der Waals surface area contributed by atoms with Gasteiger partial charge in [-0.3, -0.25) is 0 Å². The Bertz CT molecular complexity index is 465. The second kappa shape index (κ2) is 5.00. The minimum atomic E-state index is 0.227. The average molecular weight is 252 g/mol. The van der Waals surface area contributed by atoms with Gasteiger partial charge in [0, 0.05) is 5.02 Å². The van der Waals surface area contributed by atoms with Crippen LogP contribution >= 0.6 is 22.9 Å². The Morgan fingerprint density at radius 1 is 1.31 bits per heavy atom. The van der Waals surface area contributed by atoms with Gasteiger partial charge in [-0.15, -0.1) is 0 Å². The van der Waals surface area contributed by atoms with E-state index in [9.17, 15) is 0 Å². The van der Waals surface area contributed by atoms with E-state index < -0.39 is 0 Å². The lowest BCUT2D eigenvalue weighted by atomic mass is 9.97. The number of hydrogen-bond donors (Lipinski definition) is 1. The van der Waals surface area contributed by atoms with Gasteiger partial charge < -0.3 is 5.32 Å². The number of aryl methyl sites for hydroxylation is 1. The van der Waals surface area contributed by atoms with Crippen LogP contribution in [0.5, 0.6) is 0 Å². The molecule has 1 aromatic carbocycles. The quantitative estimate of drug-likeness (QED) is 0.869. The second-order valence-electron chi connectivity index (χ2n) is 3.78. The van der Waals surface area contributed by atoms with Crippen molar-refractivity contribution in [2.45, 2.75) is 13.0 Å². The van der Waals surface area contributed by atoms with Crippen LogP contribution in [-0.4, -0.2) is 7.05 Å². The van der Waals surface area contributed by atoms with Crippen molar-refractivity contribution in [2.75, 3.05) is 7.05 Å². The highest BCUT2D eigenvalue weighted by Gasteiger charge is 2.14. The van der Waals surface area contributed by atoms with Crippen molar-refractivity contribution in [2.24, 2.45) is 0 Å². The van der Waals surface area contributed by atoms with E-state index >= 15 is 0 Å². The molecule has 0 saturated carbocycles. The molecule has 1 nitrogen and oxygen atoms in total. The molecule has 0 spiro atoms. The lowest BCUT2D eigenvalue weighted by Crippen LogP contribution is -2.18. The molecule has 1 aromatic heterocycles. The van der Waals surface area contributed by atoms with Gasteiger partial charge in [0.15, 0.2) is 0 Å². The standard InChI is InChI=1S/C13H14ClNS/c1-9-3-4-11(14)7-12(9)13(15-2)10-5-6-16-8-10/h3-8,13,15H,1-2H3. The van der Waals surface area contributed by atoms with Gasteiger partial charge in [0.05, 0.1) is 6.04 Å². The molecule has 1 heterocycles. The topological polar surface area (TPSA) is 12.0 Å². The molecule has 16 heavy (non-hydrogen) atoms. The summed E-state index contributed by atoms with van der Waals surface area (Å²) in [6.45, 7) is 2.11. The molecule has 1 N–H and O–H groups in total. The number of rotatable bonds is 3. The third-order valence-electron chi connectivity index (χ3n) is 2.72. The van der Waals surface area contributed by atoms with E-state index in [0.717, 1.165) is 5.02 Å². The van der Waals surface area contributed by atoms with Crippen molar-refractivity contribution in [3.8, 4) is 0 Å². The molecule has 0 fully saturated rings. The molecule has 0 radical (unpaired) electrons. The molecular formula is C13H14ClNS. The molecule has 0 amide bonds. The second-order valence-corrected chi connectivity index (χ2v) is 5.00. The van der Waals surface area contributed by atoms with Gasteiger partial charge in [-0.1, -0.05) is 17.7 Å². The van der Waals surface area contributed by atoms with E-state index in [1.54, 1.807) is 11.3 Å². The molecule has 0 aliphatic carbocycles. The summed E-state index contributed by atoms with van der Waals surface area (Å²) in [7, 11) is 1.97. The summed E-state index contributed by atoms with van der Waals surface area (Å²) in [6.07, 6.45) is 0. The zero-order valence-corrected chi connectivity index (χ0v) is 10.9. The van der Waals surface area contributed by atoms with Crippen LogP contribution in [0.3, 0.4) is 0 Å². The first-order valence-electron chi connectivity index (χ1n) is 5.18. The predicted octanol–water partition coefficient (Wildman–Crippen LogP) is 4.02. The molecule has 0 aliphatic heterocycles. The fraction of sp³-hybridized carbons (Fsp3) is 0.231. The van der Waals surface area contributed by atoms with Crippen LogP contribution in [0.15, 0.2) is 35.0 Å². The summed E-state index contributed by atoms with van der Waals surface area (Å²) in [6, 6.07) is 8.40. The monoisotopic (exact) mass is 251 g/mol. The fourth-order valence-electron chi connectivity index (χ4n) is 1.86. The summed E-state index contributed by atoms with van der Waals surface area (Å²) < 4.78 is 0.